The number of benzene rings is 1. The van der Waals surface area contributed by atoms with Crippen molar-refractivity contribution in [2.75, 3.05) is 0 Å². The molecule has 126 valence electrons. The number of halogens is 3. The van der Waals surface area contributed by atoms with Crippen LogP contribution in [0.15, 0.2) is 48.5 Å². The number of rotatable bonds is 6. The van der Waals surface area contributed by atoms with E-state index in [0.717, 1.165) is 0 Å². The normalized spacial score (nSPS) is 9.70. The van der Waals surface area contributed by atoms with Crippen LogP contribution in [0, 0.1) is 0 Å². The van der Waals surface area contributed by atoms with Gasteiger partial charge in [-0.15, -0.1) is 0 Å². The molecule has 0 saturated carbocycles. The van der Waals surface area contributed by atoms with Gasteiger partial charge >= 0.3 is 21.7 Å². The molecule has 0 aliphatic carbocycles. The Labute approximate surface area is 176 Å². The number of hydrogen-bond donors (Lipinski definition) is 0. The first-order chi connectivity index (χ1) is 9.28. The molecule has 0 fully saturated rings. The van der Waals surface area contributed by atoms with Gasteiger partial charge in [0.25, 0.3) is 0 Å². The third-order valence-electron chi connectivity index (χ3n) is 4.47. The molecule has 0 nitrogen and oxygen atoms in total. The molecule has 23 heavy (non-hydrogen) atoms. The predicted octanol–water partition coefficient (Wildman–Crippen LogP) is -5.03. The molecule has 0 N–H and O–H groups in total. The van der Waals surface area contributed by atoms with Crippen molar-refractivity contribution in [1.29, 1.82) is 0 Å². The van der Waals surface area contributed by atoms with Crippen LogP contribution in [0.25, 0.3) is 0 Å². The molecule has 0 bridgehead atoms. The van der Waals surface area contributed by atoms with Crippen LogP contribution in [0.5, 0.6) is 0 Å². The van der Waals surface area contributed by atoms with Crippen molar-refractivity contribution in [2.24, 2.45) is 0 Å². The summed E-state index contributed by atoms with van der Waals surface area (Å²) in [6.45, 7) is 7.04. The van der Waals surface area contributed by atoms with E-state index in [-0.39, 0.29) is 58.9 Å². The second-order valence-electron chi connectivity index (χ2n) is 5.37. The van der Waals surface area contributed by atoms with Crippen molar-refractivity contribution in [3.05, 3.63) is 54.1 Å². The van der Waals surface area contributed by atoms with Crippen LogP contribution in [0.3, 0.4) is 0 Å². The van der Waals surface area contributed by atoms with Crippen LogP contribution in [-0.4, -0.2) is 8.07 Å². The second-order valence-corrected chi connectivity index (χ2v) is 10.1. The summed E-state index contributed by atoms with van der Waals surface area (Å²) in [5, 5.41) is 3.29. The molecule has 2 aromatic carbocycles. The average Bonchev–Trinajstić information content (AvgIpc) is 2.92. The summed E-state index contributed by atoms with van der Waals surface area (Å²) < 4.78 is 0. The quantitative estimate of drug-likeness (QED) is 0.322. The first-order valence-electron chi connectivity index (χ1n) is 7.59. The van der Waals surface area contributed by atoms with E-state index in [1.54, 1.807) is 15.9 Å². The van der Waals surface area contributed by atoms with Crippen molar-refractivity contribution < 1.29 is 58.9 Å². The third-order valence-corrected chi connectivity index (χ3v) is 9.85. The minimum absolute atomic E-state index is 0. The van der Waals surface area contributed by atoms with Crippen LogP contribution < -0.4 is 47.6 Å². The van der Waals surface area contributed by atoms with E-state index in [0.29, 0.717) is 0 Å². The first kappa shape index (κ1) is 28.2. The molecule has 0 radical (unpaired) electrons. The SMILES string of the molecule is CCCc1ccc[c-]1[Si](CC)(CC)c1ccccc1.[Cl-].[Cl-].[Cl-].[Ti+4]. The zero-order valence-corrected chi connectivity index (χ0v) is 18.9. The average molecular weight is 424 g/mol. The molecule has 0 aliphatic rings. The molecule has 0 aromatic heterocycles. The molecular formula is C18H25Cl3SiTi. The van der Waals surface area contributed by atoms with Gasteiger partial charge in [-0.2, -0.15) is 16.8 Å². The van der Waals surface area contributed by atoms with E-state index in [1.165, 1.54) is 24.9 Å². The van der Waals surface area contributed by atoms with Gasteiger partial charge in [0.2, 0.25) is 0 Å². The Bertz CT molecular complexity index is 510. The zero-order chi connectivity index (χ0) is 13.7. The molecule has 0 saturated heterocycles. The Kier molecular flexibility index (Phi) is 16.7. The van der Waals surface area contributed by atoms with Crippen LogP contribution >= 0.6 is 0 Å². The molecule has 0 heterocycles. The summed E-state index contributed by atoms with van der Waals surface area (Å²) >= 11 is 0. The number of hydrogen-bond acceptors (Lipinski definition) is 0. The topological polar surface area (TPSA) is 0 Å². The minimum Gasteiger partial charge on any atom is -1.00 e. The molecule has 5 heteroatoms. The van der Waals surface area contributed by atoms with Gasteiger partial charge in [0.15, 0.2) is 0 Å². The van der Waals surface area contributed by atoms with Crippen LogP contribution in [-0.2, 0) is 28.1 Å². The molecule has 0 amide bonds. The standard InChI is InChI=1S/C18H25Si.3ClH.Ti/c1-4-11-16-12-10-15-18(16)19(5-2,6-3)17-13-8-7-9-14-17;;;;/h7-10,12-15H,4-6,11H2,1-3H3;3*1H;/q-1;;;;+4/p-3. The maximum Gasteiger partial charge on any atom is 4.00 e. The van der Waals surface area contributed by atoms with Crippen LogP contribution in [0.2, 0.25) is 12.1 Å². The summed E-state index contributed by atoms with van der Waals surface area (Å²) in [7, 11) is -1.53. The van der Waals surface area contributed by atoms with E-state index in [2.05, 4.69) is 69.3 Å². The first-order valence-corrected chi connectivity index (χ1v) is 10.0. The minimum atomic E-state index is -1.53. The summed E-state index contributed by atoms with van der Waals surface area (Å²) in [6, 6.07) is 20.8. The molecule has 0 unspecified atom stereocenters. The molecule has 0 aliphatic heterocycles. The van der Waals surface area contributed by atoms with Gasteiger partial charge in [0.1, 0.15) is 0 Å². The van der Waals surface area contributed by atoms with Gasteiger partial charge in [-0.25, -0.2) is 12.1 Å². The molecular weight excluding hydrogens is 399 g/mol. The maximum absolute atomic E-state index is 2.40. The van der Waals surface area contributed by atoms with Crippen molar-refractivity contribution in [2.45, 2.75) is 45.7 Å². The Morgan fingerprint density at radius 3 is 1.87 bits per heavy atom. The fraction of sp³-hybridized carbons (Fsp3) is 0.389. The Hall–Kier alpha value is 0.371. The van der Waals surface area contributed by atoms with E-state index in [9.17, 15) is 0 Å². The van der Waals surface area contributed by atoms with Gasteiger partial charge in [0.05, 0.1) is 8.07 Å². The van der Waals surface area contributed by atoms with Gasteiger partial charge in [-0.1, -0.05) is 81.2 Å². The van der Waals surface area contributed by atoms with E-state index >= 15 is 0 Å². The van der Waals surface area contributed by atoms with Crippen molar-refractivity contribution in [3.8, 4) is 0 Å². The largest absolute Gasteiger partial charge is 4.00 e. The van der Waals surface area contributed by atoms with E-state index in [4.69, 9.17) is 0 Å². The maximum atomic E-state index is 2.40. The fourth-order valence-electron chi connectivity index (χ4n) is 3.36. The van der Waals surface area contributed by atoms with Crippen molar-refractivity contribution >= 4 is 18.4 Å². The third kappa shape index (κ3) is 5.99. The van der Waals surface area contributed by atoms with Crippen molar-refractivity contribution in [3.63, 3.8) is 0 Å². The number of aryl methyl sites for hydroxylation is 1. The van der Waals surface area contributed by atoms with E-state index < -0.39 is 8.07 Å². The second kappa shape index (κ2) is 13.6. The predicted molar refractivity (Wildman–Crippen MR) is 88.5 cm³/mol. The Morgan fingerprint density at radius 1 is 0.826 bits per heavy atom. The fourth-order valence-corrected chi connectivity index (χ4v) is 7.82. The monoisotopic (exact) mass is 422 g/mol. The summed E-state index contributed by atoms with van der Waals surface area (Å²) in [4.78, 5) is 0. The Balaban J connectivity index is -0.000001000. The zero-order valence-electron chi connectivity index (χ0n) is 14.1. The summed E-state index contributed by atoms with van der Waals surface area (Å²) in [5.41, 5.74) is 1.60. The van der Waals surface area contributed by atoms with Gasteiger partial charge in [-0.05, 0) is 0 Å². The van der Waals surface area contributed by atoms with Gasteiger partial charge < -0.3 is 37.2 Å². The van der Waals surface area contributed by atoms with Gasteiger partial charge in [-0.3, -0.25) is 0 Å². The molecule has 2 aromatic rings. The Morgan fingerprint density at radius 2 is 1.39 bits per heavy atom. The smallest absolute Gasteiger partial charge is 1.00 e. The molecule has 2 rings (SSSR count). The molecule has 0 atom stereocenters. The van der Waals surface area contributed by atoms with E-state index in [1.807, 2.05) is 0 Å². The summed E-state index contributed by atoms with van der Waals surface area (Å²) in [6.07, 6.45) is 2.47. The van der Waals surface area contributed by atoms with Crippen LogP contribution in [0.1, 0.15) is 32.8 Å². The molecule has 0 spiro atoms. The van der Waals surface area contributed by atoms with Crippen LogP contribution in [0.4, 0.5) is 0 Å². The van der Waals surface area contributed by atoms with Gasteiger partial charge in [0, 0.05) is 0 Å². The van der Waals surface area contributed by atoms with Crippen molar-refractivity contribution in [1.82, 2.24) is 0 Å². The summed E-state index contributed by atoms with van der Waals surface area (Å²) in [5.74, 6) is 0.